The summed E-state index contributed by atoms with van der Waals surface area (Å²) in [5.41, 5.74) is 16.7. The summed E-state index contributed by atoms with van der Waals surface area (Å²) in [6.45, 7) is 7.66. The molecule has 0 aliphatic rings. The molecule has 208 valence electrons. The number of nitrogens with two attached hydrogens (primary N) is 3. The molecule has 0 aromatic carbocycles. The number of carbonyl (C=O) groups is 4. The van der Waals surface area contributed by atoms with Gasteiger partial charge in [0, 0.05) is 6.54 Å². The number of carboxylic acid groups (broad SMARTS) is 1. The average Bonchev–Trinajstić information content (AvgIpc) is 2.80. The molecule has 13 heteroatoms. The zero-order valence-corrected chi connectivity index (χ0v) is 22.9. The predicted molar refractivity (Wildman–Crippen MR) is 143 cm³/mol. The Balaban J connectivity index is 5.63. The van der Waals surface area contributed by atoms with Crippen LogP contribution in [0.1, 0.15) is 59.8 Å². The van der Waals surface area contributed by atoms with Crippen LogP contribution < -0.4 is 33.2 Å². The van der Waals surface area contributed by atoms with Gasteiger partial charge in [0.1, 0.15) is 18.1 Å². The summed E-state index contributed by atoms with van der Waals surface area (Å²) >= 11 is 1.51. The van der Waals surface area contributed by atoms with Crippen molar-refractivity contribution in [2.45, 2.75) is 84.0 Å². The molecule has 0 bridgehead atoms. The van der Waals surface area contributed by atoms with Gasteiger partial charge in [-0.2, -0.15) is 11.8 Å². The van der Waals surface area contributed by atoms with Crippen molar-refractivity contribution in [3.8, 4) is 0 Å². The van der Waals surface area contributed by atoms with Gasteiger partial charge in [-0.3, -0.25) is 19.4 Å². The fraction of sp³-hybridized carbons (Fsp3) is 0.783. The number of carboxylic acids is 1. The van der Waals surface area contributed by atoms with E-state index in [-0.39, 0.29) is 30.8 Å². The monoisotopic (exact) mass is 531 g/mol. The number of carbonyl (C=O) groups excluding carboxylic acids is 3. The number of amides is 3. The molecule has 0 rings (SSSR count). The van der Waals surface area contributed by atoms with Crippen molar-refractivity contribution < 1.29 is 24.3 Å². The molecular formula is C23H45N7O5S. The van der Waals surface area contributed by atoms with E-state index in [1.807, 2.05) is 27.0 Å². The van der Waals surface area contributed by atoms with Crippen molar-refractivity contribution in [2.24, 2.45) is 34.0 Å². The second-order valence-corrected chi connectivity index (χ2v) is 10.3. The van der Waals surface area contributed by atoms with Gasteiger partial charge >= 0.3 is 5.97 Å². The van der Waals surface area contributed by atoms with E-state index in [1.54, 1.807) is 6.92 Å². The number of rotatable bonds is 18. The minimum Gasteiger partial charge on any atom is -0.480 e. The second kappa shape index (κ2) is 17.8. The lowest BCUT2D eigenvalue weighted by atomic mass is 9.98. The summed E-state index contributed by atoms with van der Waals surface area (Å²) in [6, 6.07) is -3.82. The van der Waals surface area contributed by atoms with Crippen LogP contribution in [0.2, 0.25) is 0 Å². The van der Waals surface area contributed by atoms with Crippen molar-refractivity contribution >= 4 is 41.4 Å². The molecule has 0 saturated heterocycles. The highest BCUT2D eigenvalue weighted by molar-refractivity contribution is 7.98. The molecule has 0 aromatic heterocycles. The van der Waals surface area contributed by atoms with E-state index >= 15 is 0 Å². The molecule has 0 aliphatic heterocycles. The summed E-state index contributed by atoms with van der Waals surface area (Å²) in [5.74, 6) is -2.41. The Morgan fingerprint density at radius 2 is 1.50 bits per heavy atom. The minimum absolute atomic E-state index is 0.0969. The highest BCUT2D eigenvalue weighted by atomic mass is 32.2. The third kappa shape index (κ3) is 13.5. The maximum atomic E-state index is 13.2. The fourth-order valence-electron chi connectivity index (χ4n) is 3.38. The summed E-state index contributed by atoms with van der Waals surface area (Å²) < 4.78 is 0. The lowest BCUT2D eigenvalue weighted by molar-refractivity contribution is -0.144. The van der Waals surface area contributed by atoms with Crippen LogP contribution in [-0.2, 0) is 19.2 Å². The fourth-order valence-corrected chi connectivity index (χ4v) is 3.85. The SMILES string of the molecule is CCC(C)C(NC(=O)C(CCCN=C(N)N)NC(=O)C(CCSC)NC(=O)C(N)CC(C)C)C(=O)O. The van der Waals surface area contributed by atoms with E-state index in [1.165, 1.54) is 11.8 Å². The number of aliphatic carboxylic acids is 1. The van der Waals surface area contributed by atoms with Crippen LogP contribution in [0.25, 0.3) is 0 Å². The average molecular weight is 532 g/mol. The molecule has 36 heavy (non-hydrogen) atoms. The molecule has 5 atom stereocenters. The van der Waals surface area contributed by atoms with Crippen LogP contribution in [0.15, 0.2) is 4.99 Å². The molecule has 0 aromatic rings. The summed E-state index contributed by atoms with van der Waals surface area (Å²) in [6.07, 6.45) is 3.74. The van der Waals surface area contributed by atoms with E-state index in [0.717, 1.165) is 0 Å². The Bertz CT molecular complexity index is 746. The van der Waals surface area contributed by atoms with Crippen molar-refractivity contribution in [1.82, 2.24) is 16.0 Å². The van der Waals surface area contributed by atoms with Crippen LogP contribution >= 0.6 is 11.8 Å². The Labute approximate surface area is 218 Å². The van der Waals surface area contributed by atoms with Gasteiger partial charge in [0.25, 0.3) is 0 Å². The van der Waals surface area contributed by atoms with Crippen LogP contribution in [0, 0.1) is 11.8 Å². The number of thioether (sulfide) groups is 1. The van der Waals surface area contributed by atoms with Crippen LogP contribution in [0.3, 0.4) is 0 Å². The van der Waals surface area contributed by atoms with E-state index in [4.69, 9.17) is 17.2 Å². The first kappa shape index (κ1) is 33.5. The summed E-state index contributed by atoms with van der Waals surface area (Å²) in [7, 11) is 0. The first-order chi connectivity index (χ1) is 16.8. The predicted octanol–water partition coefficient (Wildman–Crippen LogP) is -0.248. The highest BCUT2D eigenvalue weighted by Gasteiger charge is 2.31. The normalized spacial score (nSPS) is 15.2. The lowest BCUT2D eigenvalue weighted by Gasteiger charge is -2.26. The topological polar surface area (TPSA) is 215 Å². The van der Waals surface area contributed by atoms with Gasteiger partial charge in [0.2, 0.25) is 17.7 Å². The molecule has 0 radical (unpaired) electrons. The van der Waals surface area contributed by atoms with Crippen molar-refractivity contribution in [2.75, 3.05) is 18.6 Å². The smallest absolute Gasteiger partial charge is 0.326 e. The Kier molecular flexibility index (Phi) is 16.6. The number of hydrogen-bond donors (Lipinski definition) is 7. The maximum Gasteiger partial charge on any atom is 0.326 e. The molecule has 10 N–H and O–H groups in total. The molecule has 0 aliphatic carbocycles. The quantitative estimate of drug-likeness (QED) is 0.0704. The van der Waals surface area contributed by atoms with Gasteiger partial charge in [-0.15, -0.1) is 0 Å². The van der Waals surface area contributed by atoms with Crippen LogP contribution in [0.5, 0.6) is 0 Å². The second-order valence-electron chi connectivity index (χ2n) is 9.30. The molecule has 12 nitrogen and oxygen atoms in total. The van der Waals surface area contributed by atoms with Gasteiger partial charge in [-0.05, 0) is 49.5 Å². The van der Waals surface area contributed by atoms with Crippen LogP contribution in [0.4, 0.5) is 0 Å². The van der Waals surface area contributed by atoms with Gasteiger partial charge in [0.15, 0.2) is 5.96 Å². The zero-order valence-electron chi connectivity index (χ0n) is 22.1. The van der Waals surface area contributed by atoms with Crippen molar-refractivity contribution in [3.63, 3.8) is 0 Å². The minimum atomic E-state index is -1.16. The molecule has 0 saturated carbocycles. The number of aliphatic imine (C=N–C) groups is 1. The molecule has 0 fully saturated rings. The molecule has 5 unspecified atom stereocenters. The van der Waals surface area contributed by atoms with Gasteiger partial charge in [-0.1, -0.05) is 34.1 Å². The highest BCUT2D eigenvalue weighted by Crippen LogP contribution is 2.10. The van der Waals surface area contributed by atoms with Gasteiger partial charge in [0.05, 0.1) is 6.04 Å². The molecule has 0 heterocycles. The van der Waals surface area contributed by atoms with E-state index < -0.39 is 47.9 Å². The Morgan fingerprint density at radius 3 is 2.00 bits per heavy atom. The standard InChI is InChI=1S/C23H45N7O5S/c1-6-14(4)18(22(34)35)30-21(33)16(8-7-10-27-23(25)26)29-20(32)17(9-11-36-5)28-19(31)15(24)12-13(2)3/h13-18H,6-12,24H2,1-5H3,(H,28,31)(H,29,32)(H,30,33)(H,34,35)(H4,25,26,27). The number of nitrogens with zero attached hydrogens (tertiary/aromatic N) is 1. The van der Waals surface area contributed by atoms with E-state index in [0.29, 0.717) is 31.4 Å². The summed E-state index contributed by atoms with van der Waals surface area (Å²) in [4.78, 5) is 54.4. The van der Waals surface area contributed by atoms with Crippen molar-refractivity contribution in [3.05, 3.63) is 0 Å². The maximum absolute atomic E-state index is 13.2. The van der Waals surface area contributed by atoms with E-state index in [2.05, 4.69) is 20.9 Å². The Morgan fingerprint density at radius 1 is 0.944 bits per heavy atom. The first-order valence-corrected chi connectivity index (χ1v) is 13.7. The third-order valence-corrected chi connectivity index (χ3v) is 6.30. The van der Waals surface area contributed by atoms with Gasteiger partial charge in [-0.25, -0.2) is 4.79 Å². The van der Waals surface area contributed by atoms with Crippen molar-refractivity contribution in [1.29, 1.82) is 0 Å². The lowest BCUT2D eigenvalue weighted by Crippen LogP contribution is -2.57. The summed E-state index contributed by atoms with van der Waals surface area (Å²) in [5, 5.41) is 17.5. The number of guanidine groups is 1. The number of hydrogen-bond acceptors (Lipinski definition) is 7. The molecule has 0 spiro atoms. The molecular weight excluding hydrogens is 486 g/mol. The first-order valence-electron chi connectivity index (χ1n) is 12.3. The molecule has 3 amide bonds. The zero-order chi connectivity index (χ0) is 27.8. The Hall–Kier alpha value is -2.54. The van der Waals surface area contributed by atoms with Gasteiger partial charge < -0.3 is 38.3 Å². The largest absolute Gasteiger partial charge is 0.480 e. The third-order valence-electron chi connectivity index (χ3n) is 5.66. The number of nitrogens with one attached hydrogen (secondary N) is 3. The van der Waals surface area contributed by atoms with E-state index in [9.17, 15) is 24.3 Å². The van der Waals surface area contributed by atoms with Crippen LogP contribution in [-0.4, -0.2) is 77.5 Å².